The van der Waals surface area contributed by atoms with Gasteiger partial charge in [0.2, 0.25) is 0 Å². The van der Waals surface area contributed by atoms with Gasteiger partial charge < -0.3 is 14.2 Å². The Morgan fingerprint density at radius 1 is 1.19 bits per heavy atom. The largest absolute Gasteiger partial charge is 0.365 e. The summed E-state index contributed by atoms with van der Waals surface area (Å²) >= 11 is 0. The number of rotatable bonds is 4. The SMILES string of the molecule is Cc1ccc(C(=O)N2C[C@@H](F)[C@@H](OCc3nc4ccccc4n3C)C2)cc1. The van der Waals surface area contributed by atoms with Gasteiger partial charge in [0.15, 0.2) is 0 Å². The molecule has 6 heteroatoms. The number of fused-ring (bicyclic) bond motifs is 1. The number of carbonyl (C=O) groups excluding carboxylic acids is 1. The molecule has 2 atom stereocenters. The molecule has 1 saturated heterocycles. The van der Waals surface area contributed by atoms with Crippen molar-refractivity contribution in [1.82, 2.24) is 14.5 Å². The summed E-state index contributed by atoms with van der Waals surface area (Å²) in [5.74, 6) is 0.582. The zero-order valence-corrected chi connectivity index (χ0v) is 15.4. The molecular formula is C21H22FN3O2. The van der Waals surface area contributed by atoms with E-state index in [4.69, 9.17) is 4.74 Å². The van der Waals surface area contributed by atoms with E-state index < -0.39 is 12.3 Å². The average molecular weight is 367 g/mol. The second kappa shape index (κ2) is 7.12. The average Bonchev–Trinajstić information content (AvgIpc) is 3.20. The molecule has 2 heterocycles. The van der Waals surface area contributed by atoms with Crippen LogP contribution in [0.2, 0.25) is 0 Å². The predicted octanol–water partition coefficient (Wildman–Crippen LogP) is 3.26. The Morgan fingerprint density at radius 3 is 2.67 bits per heavy atom. The van der Waals surface area contributed by atoms with Crippen LogP contribution in [0.1, 0.15) is 21.7 Å². The molecule has 4 rings (SSSR count). The highest BCUT2D eigenvalue weighted by Crippen LogP contribution is 2.22. The minimum atomic E-state index is -1.20. The van der Waals surface area contributed by atoms with Crippen molar-refractivity contribution in [2.24, 2.45) is 7.05 Å². The Morgan fingerprint density at radius 2 is 1.93 bits per heavy atom. The highest BCUT2D eigenvalue weighted by atomic mass is 19.1. The van der Waals surface area contributed by atoms with E-state index in [2.05, 4.69) is 4.98 Å². The number of hydrogen-bond donors (Lipinski definition) is 0. The summed E-state index contributed by atoms with van der Waals surface area (Å²) in [5, 5.41) is 0. The van der Waals surface area contributed by atoms with E-state index in [0.717, 1.165) is 22.4 Å². The molecule has 0 radical (unpaired) electrons. The number of alkyl halides is 1. The zero-order valence-electron chi connectivity index (χ0n) is 15.4. The topological polar surface area (TPSA) is 47.4 Å². The molecule has 0 bridgehead atoms. The second-order valence-corrected chi connectivity index (χ2v) is 7.02. The molecule has 1 aromatic heterocycles. The van der Waals surface area contributed by atoms with Crippen LogP contribution >= 0.6 is 0 Å². The van der Waals surface area contributed by atoms with Crippen LogP contribution in [0.15, 0.2) is 48.5 Å². The molecule has 2 aromatic carbocycles. The molecule has 1 aliphatic rings. The first kappa shape index (κ1) is 17.7. The van der Waals surface area contributed by atoms with Crippen molar-refractivity contribution in [3.8, 4) is 0 Å². The van der Waals surface area contributed by atoms with Gasteiger partial charge in [0.05, 0.1) is 24.1 Å². The fourth-order valence-electron chi connectivity index (χ4n) is 3.44. The van der Waals surface area contributed by atoms with Gasteiger partial charge in [-0.05, 0) is 31.2 Å². The van der Waals surface area contributed by atoms with Crippen molar-refractivity contribution in [2.75, 3.05) is 13.1 Å². The van der Waals surface area contributed by atoms with Crippen molar-refractivity contribution in [3.63, 3.8) is 0 Å². The standard InChI is InChI=1S/C21H22FN3O2/c1-14-7-9-15(10-8-14)21(26)25-11-16(22)19(12-25)27-13-20-23-17-5-3-4-6-18(17)24(20)2/h3-10,16,19H,11-13H2,1-2H3/t16-,19+/m1/s1. The molecule has 0 saturated carbocycles. The third-order valence-corrected chi connectivity index (χ3v) is 5.09. The summed E-state index contributed by atoms with van der Waals surface area (Å²) in [6.45, 7) is 2.48. The third kappa shape index (κ3) is 3.45. The number of benzene rings is 2. The summed E-state index contributed by atoms with van der Waals surface area (Å²) in [4.78, 5) is 18.6. The molecule has 140 valence electrons. The number of ether oxygens (including phenoxy) is 1. The Labute approximate surface area is 157 Å². The number of amides is 1. The first-order valence-corrected chi connectivity index (χ1v) is 9.05. The minimum Gasteiger partial charge on any atom is -0.365 e. The first-order chi connectivity index (χ1) is 13.0. The molecule has 0 unspecified atom stereocenters. The van der Waals surface area contributed by atoms with Gasteiger partial charge in [0.25, 0.3) is 5.91 Å². The van der Waals surface area contributed by atoms with E-state index in [0.29, 0.717) is 5.56 Å². The zero-order chi connectivity index (χ0) is 19.0. The van der Waals surface area contributed by atoms with Crippen LogP contribution in [0.5, 0.6) is 0 Å². The number of halogens is 1. The highest BCUT2D eigenvalue weighted by Gasteiger charge is 2.36. The Kier molecular flexibility index (Phi) is 4.66. The summed E-state index contributed by atoms with van der Waals surface area (Å²) < 4.78 is 22.2. The van der Waals surface area contributed by atoms with Crippen LogP contribution in [0.25, 0.3) is 11.0 Å². The number of likely N-dealkylation sites (tertiary alicyclic amines) is 1. The van der Waals surface area contributed by atoms with Crippen molar-refractivity contribution in [1.29, 1.82) is 0 Å². The van der Waals surface area contributed by atoms with E-state index in [1.165, 1.54) is 4.90 Å². The molecule has 1 aliphatic heterocycles. The van der Waals surface area contributed by atoms with Gasteiger partial charge in [-0.2, -0.15) is 0 Å². The highest BCUT2D eigenvalue weighted by molar-refractivity contribution is 5.94. The molecule has 0 spiro atoms. The van der Waals surface area contributed by atoms with Gasteiger partial charge in [-0.25, -0.2) is 9.37 Å². The molecular weight excluding hydrogens is 345 g/mol. The maximum Gasteiger partial charge on any atom is 0.254 e. The molecule has 1 fully saturated rings. The van der Waals surface area contributed by atoms with Crippen LogP contribution in [0.3, 0.4) is 0 Å². The Balaban J connectivity index is 1.42. The van der Waals surface area contributed by atoms with Gasteiger partial charge in [-0.15, -0.1) is 0 Å². The smallest absolute Gasteiger partial charge is 0.254 e. The normalized spacial score (nSPS) is 19.7. The maximum atomic E-state index is 14.4. The van der Waals surface area contributed by atoms with Crippen molar-refractivity contribution in [3.05, 3.63) is 65.5 Å². The summed E-state index contributed by atoms with van der Waals surface area (Å²) in [6.07, 6.45) is -1.84. The van der Waals surface area contributed by atoms with Crippen LogP contribution in [-0.2, 0) is 18.4 Å². The van der Waals surface area contributed by atoms with Gasteiger partial charge in [-0.1, -0.05) is 29.8 Å². The minimum absolute atomic E-state index is 0.0555. The predicted molar refractivity (Wildman–Crippen MR) is 101 cm³/mol. The Hall–Kier alpha value is -2.73. The number of hydrogen-bond acceptors (Lipinski definition) is 3. The summed E-state index contributed by atoms with van der Waals surface area (Å²) in [6, 6.07) is 15.1. The quantitative estimate of drug-likeness (QED) is 0.711. The second-order valence-electron chi connectivity index (χ2n) is 7.02. The van der Waals surface area contributed by atoms with E-state index in [-0.39, 0.29) is 25.6 Å². The van der Waals surface area contributed by atoms with Gasteiger partial charge in [0.1, 0.15) is 24.7 Å². The van der Waals surface area contributed by atoms with Crippen LogP contribution in [0.4, 0.5) is 4.39 Å². The molecule has 0 N–H and O–H groups in total. The van der Waals surface area contributed by atoms with Gasteiger partial charge in [-0.3, -0.25) is 4.79 Å². The van der Waals surface area contributed by atoms with Crippen LogP contribution in [-0.4, -0.2) is 45.7 Å². The number of aryl methyl sites for hydroxylation is 2. The molecule has 3 aromatic rings. The maximum absolute atomic E-state index is 14.4. The molecule has 1 amide bonds. The number of imidazole rings is 1. The lowest BCUT2D eigenvalue weighted by molar-refractivity contribution is 0.00774. The monoisotopic (exact) mass is 367 g/mol. The van der Waals surface area contributed by atoms with Gasteiger partial charge in [0, 0.05) is 12.6 Å². The van der Waals surface area contributed by atoms with Crippen LogP contribution < -0.4 is 0 Å². The number of aromatic nitrogens is 2. The van der Waals surface area contributed by atoms with E-state index in [9.17, 15) is 9.18 Å². The van der Waals surface area contributed by atoms with Crippen molar-refractivity contribution < 1.29 is 13.9 Å². The number of nitrogens with zero attached hydrogens (tertiary/aromatic N) is 3. The lowest BCUT2D eigenvalue weighted by Gasteiger charge is -2.16. The summed E-state index contributed by atoms with van der Waals surface area (Å²) in [5.41, 5.74) is 3.55. The van der Waals surface area contributed by atoms with Crippen molar-refractivity contribution in [2.45, 2.75) is 25.8 Å². The number of carbonyl (C=O) groups is 1. The first-order valence-electron chi connectivity index (χ1n) is 9.05. The fourth-order valence-corrected chi connectivity index (χ4v) is 3.44. The third-order valence-electron chi connectivity index (χ3n) is 5.09. The van der Waals surface area contributed by atoms with Crippen LogP contribution in [0, 0.1) is 6.92 Å². The number of para-hydroxylation sites is 2. The molecule has 5 nitrogen and oxygen atoms in total. The lowest BCUT2D eigenvalue weighted by Crippen LogP contribution is -2.30. The van der Waals surface area contributed by atoms with E-state index >= 15 is 0 Å². The molecule has 27 heavy (non-hydrogen) atoms. The summed E-state index contributed by atoms with van der Waals surface area (Å²) in [7, 11) is 1.92. The molecule has 0 aliphatic carbocycles. The van der Waals surface area contributed by atoms with E-state index in [1.807, 2.05) is 54.9 Å². The Bertz CT molecular complexity index is 967. The van der Waals surface area contributed by atoms with E-state index in [1.54, 1.807) is 12.1 Å². The van der Waals surface area contributed by atoms with Gasteiger partial charge >= 0.3 is 0 Å². The lowest BCUT2D eigenvalue weighted by atomic mass is 10.1. The van der Waals surface area contributed by atoms with Crippen molar-refractivity contribution >= 4 is 16.9 Å². The fraction of sp³-hybridized carbons (Fsp3) is 0.333.